The van der Waals surface area contributed by atoms with Crippen LogP contribution in [-0.2, 0) is 13.1 Å². The van der Waals surface area contributed by atoms with Gasteiger partial charge in [0.15, 0.2) is 6.29 Å². The quantitative estimate of drug-likeness (QED) is 0.797. The third kappa shape index (κ3) is 2.60. The topological polar surface area (TPSA) is 61.1 Å². The summed E-state index contributed by atoms with van der Waals surface area (Å²) in [4.78, 5) is 37.2. The van der Waals surface area contributed by atoms with Crippen molar-refractivity contribution in [3.63, 3.8) is 0 Å². The van der Waals surface area contributed by atoms with Gasteiger partial charge < -0.3 is 0 Å². The smallest absolute Gasteiger partial charge is 0.297 e. The summed E-state index contributed by atoms with van der Waals surface area (Å²) in [5.74, 6) is 0.459. The Morgan fingerprint density at radius 1 is 1.24 bits per heavy atom. The normalized spacial score (nSPS) is 11.5. The predicted octanol–water partition coefficient (Wildman–Crippen LogP) is 2.41. The number of aromatic nitrogens is 2. The number of carbonyl (C=O) groups is 1. The van der Waals surface area contributed by atoms with Crippen molar-refractivity contribution in [3.8, 4) is 0 Å². The lowest BCUT2D eigenvalue weighted by Gasteiger charge is -2.12. The van der Waals surface area contributed by atoms with Crippen LogP contribution in [0.2, 0.25) is 0 Å². The van der Waals surface area contributed by atoms with Gasteiger partial charge in [0, 0.05) is 13.1 Å². The second-order valence-corrected chi connectivity index (χ2v) is 6.59. The molecule has 0 aliphatic rings. The van der Waals surface area contributed by atoms with Gasteiger partial charge in [-0.05, 0) is 31.7 Å². The monoisotopic (exact) mass is 308 g/mol. The molecule has 0 spiro atoms. The van der Waals surface area contributed by atoms with Gasteiger partial charge in [-0.25, -0.2) is 4.79 Å². The van der Waals surface area contributed by atoms with Crippen LogP contribution in [0.3, 0.4) is 0 Å². The molecule has 0 radical (unpaired) electrons. The van der Waals surface area contributed by atoms with Crippen molar-refractivity contribution in [2.45, 2.75) is 47.2 Å². The maximum absolute atomic E-state index is 12.5. The van der Waals surface area contributed by atoms with Crippen LogP contribution in [0.1, 0.15) is 42.4 Å². The first-order chi connectivity index (χ1) is 9.92. The molecular formula is C15H20N2O3S. The van der Waals surface area contributed by atoms with E-state index in [2.05, 4.69) is 13.8 Å². The lowest BCUT2D eigenvalue weighted by atomic mass is 10.1. The van der Waals surface area contributed by atoms with Gasteiger partial charge >= 0.3 is 5.69 Å². The summed E-state index contributed by atoms with van der Waals surface area (Å²) in [5.41, 5.74) is 0.102. The molecule has 2 aromatic rings. The van der Waals surface area contributed by atoms with E-state index in [1.54, 1.807) is 18.4 Å². The Morgan fingerprint density at radius 2 is 1.90 bits per heavy atom. The van der Waals surface area contributed by atoms with Crippen molar-refractivity contribution in [2.75, 3.05) is 0 Å². The largest absolute Gasteiger partial charge is 0.332 e. The zero-order valence-electron chi connectivity index (χ0n) is 12.8. The molecule has 0 saturated carbocycles. The molecule has 21 heavy (non-hydrogen) atoms. The predicted molar refractivity (Wildman–Crippen MR) is 85.6 cm³/mol. The van der Waals surface area contributed by atoms with Crippen LogP contribution >= 0.6 is 11.3 Å². The maximum Gasteiger partial charge on any atom is 0.332 e. The summed E-state index contributed by atoms with van der Waals surface area (Å²) in [6.45, 7) is 8.63. The molecule has 0 amide bonds. The van der Waals surface area contributed by atoms with E-state index >= 15 is 0 Å². The highest BCUT2D eigenvalue weighted by Gasteiger charge is 2.19. The highest BCUT2D eigenvalue weighted by molar-refractivity contribution is 7.20. The number of nitrogens with zero attached hydrogens (tertiary/aromatic N) is 2. The Hall–Kier alpha value is -1.69. The van der Waals surface area contributed by atoms with E-state index in [1.807, 2.05) is 0 Å². The second-order valence-electron chi connectivity index (χ2n) is 5.56. The fraction of sp³-hybridized carbons (Fsp3) is 0.533. The van der Waals surface area contributed by atoms with Gasteiger partial charge in [-0.15, -0.1) is 11.3 Å². The third-order valence-electron chi connectivity index (χ3n) is 3.68. The van der Waals surface area contributed by atoms with Gasteiger partial charge in [0.1, 0.15) is 4.83 Å². The van der Waals surface area contributed by atoms with Crippen LogP contribution in [0.4, 0.5) is 0 Å². The van der Waals surface area contributed by atoms with E-state index in [1.165, 1.54) is 15.9 Å². The van der Waals surface area contributed by atoms with Gasteiger partial charge in [0.2, 0.25) is 0 Å². The average molecular weight is 308 g/mol. The minimum absolute atomic E-state index is 0.283. The van der Waals surface area contributed by atoms with E-state index in [0.29, 0.717) is 39.7 Å². The molecule has 0 aromatic carbocycles. The first-order valence-corrected chi connectivity index (χ1v) is 7.95. The number of fused-ring (bicyclic) bond motifs is 1. The van der Waals surface area contributed by atoms with Crippen LogP contribution in [0.15, 0.2) is 9.59 Å². The second kappa shape index (κ2) is 5.97. The zero-order chi connectivity index (χ0) is 15.7. The Bertz CT molecular complexity index is 796. The van der Waals surface area contributed by atoms with Gasteiger partial charge in [-0.1, -0.05) is 13.8 Å². The molecule has 0 unspecified atom stereocenters. The first-order valence-electron chi connectivity index (χ1n) is 7.14. The fourth-order valence-electron chi connectivity index (χ4n) is 2.39. The highest BCUT2D eigenvalue weighted by atomic mass is 32.1. The average Bonchev–Trinajstić information content (AvgIpc) is 2.76. The molecule has 6 heteroatoms. The minimum atomic E-state index is -0.292. The number of thiophene rings is 1. The number of carbonyl (C=O) groups excluding carboxylic acids is 1. The molecule has 2 aromatic heterocycles. The Kier molecular flexibility index (Phi) is 4.46. The van der Waals surface area contributed by atoms with Crippen molar-refractivity contribution in [1.82, 2.24) is 9.13 Å². The molecule has 2 rings (SSSR count). The van der Waals surface area contributed by atoms with Crippen LogP contribution in [0, 0.1) is 12.8 Å². The molecule has 0 saturated heterocycles. The molecule has 5 nitrogen and oxygen atoms in total. The van der Waals surface area contributed by atoms with Crippen LogP contribution in [0.25, 0.3) is 10.2 Å². The van der Waals surface area contributed by atoms with E-state index in [-0.39, 0.29) is 11.2 Å². The van der Waals surface area contributed by atoms with Crippen molar-refractivity contribution >= 4 is 27.8 Å². The lowest BCUT2D eigenvalue weighted by molar-refractivity contribution is 0.112. The van der Waals surface area contributed by atoms with Crippen LogP contribution < -0.4 is 11.2 Å². The molecule has 2 heterocycles. The van der Waals surface area contributed by atoms with Gasteiger partial charge in [0.25, 0.3) is 5.56 Å². The molecule has 0 fully saturated rings. The Labute approximate surface area is 126 Å². The summed E-state index contributed by atoms with van der Waals surface area (Å²) in [5, 5.41) is 0.507. The molecule has 0 aliphatic carbocycles. The Morgan fingerprint density at radius 3 is 2.43 bits per heavy atom. The van der Waals surface area contributed by atoms with E-state index < -0.39 is 0 Å². The lowest BCUT2D eigenvalue weighted by Crippen LogP contribution is -2.39. The minimum Gasteiger partial charge on any atom is -0.297 e. The van der Waals surface area contributed by atoms with Gasteiger partial charge in [-0.3, -0.25) is 18.7 Å². The van der Waals surface area contributed by atoms with E-state index in [0.717, 1.165) is 12.7 Å². The molecule has 0 bridgehead atoms. The van der Waals surface area contributed by atoms with Gasteiger partial charge in [-0.2, -0.15) is 0 Å². The number of hydrogen-bond acceptors (Lipinski definition) is 4. The van der Waals surface area contributed by atoms with Crippen LogP contribution in [-0.4, -0.2) is 15.4 Å². The Balaban J connectivity index is 2.85. The summed E-state index contributed by atoms with van der Waals surface area (Å²) < 4.78 is 2.89. The highest BCUT2D eigenvalue weighted by Crippen LogP contribution is 2.26. The van der Waals surface area contributed by atoms with Crippen molar-refractivity contribution in [3.05, 3.63) is 31.3 Å². The van der Waals surface area contributed by atoms with Crippen molar-refractivity contribution in [2.24, 2.45) is 5.92 Å². The van der Waals surface area contributed by atoms with Crippen molar-refractivity contribution in [1.29, 1.82) is 0 Å². The number of hydrogen-bond donors (Lipinski definition) is 0. The molecule has 114 valence electrons. The summed E-state index contributed by atoms with van der Waals surface area (Å²) in [6, 6.07) is 0. The van der Waals surface area contributed by atoms with E-state index in [9.17, 15) is 14.4 Å². The third-order valence-corrected chi connectivity index (χ3v) is 4.92. The molecule has 0 N–H and O–H groups in total. The summed E-state index contributed by atoms with van der Waals surface area (Å²) in [7, 11) is 0. The SMILES string of the molecule is CCn1c(=O)c2c(C)c(C=O)sc2n(CCC(C)C)c1=O. The maximum atomic E-state index is 12.5. The van der Waals surface area contributed by atoms with Crippen LogP contribution in [0.5, 0.6) is 0 Å². The number of aryl methyl sites for hydroxylation is 2. The summed E-state index contributed by atoms with van der Waals surface area (Å²) >= 11 is 1.23. The molecule has 0 atom stereocenters. The summed E-state index contributed by atoms with van der Waals surface area (Å²) in [6.07, 6.45) is 1.61. The molecule has 0 aliphatic heterocycles. The number of rotatable bonds is 5. The van der Waals surface area contributed by atoms with Crippen molar-refractivity contribution < 1.29 is 4.79 Å². The fourth-order valence-corrected chi connectivity index (χ4v) is 3.52. The zero-order valence-corrected chi connectivity index (χ0v) is 13.6. The number of aldehydes is 1. The molecular weight excluding hydrogens is 288 g/mol. The van der Waals surface area contributed by atoms with Gasteiger partial charge in [0.05, 0.1) is 10.3 Å². The first kappa shape index (κ1) is 15.7. The van der Waals surface area contributed by atoms with E-state index in [4.69, 9.17) is 0 Å². The standard InChI is InChI=1S/C15H20N2O3S/c1-5-16-13(19)12-10(4)11(8-18)21-14(12)17(15(16)20)7-6-9(2)3/h8-9H,5-7H2,1-4H3.